The van der Waals surface area contributed by atoms with E-state index in [1.54, 1.807) is 31.2 Å². The molecule has 1 atom stereocenters. The molecule has 0 saturated heterocycles. The molecule has 1 amide bonds. The number of H-pyrrole nitrogens is 1. The highest BCUT2D eigenvalue weighted by molar-refractivity contribution is 6.06. The van der Waals surface area contributed by atoms with E-state index < -0.39 is 0 Å². The van der Waals surface area contributed by atoms with Crippen LogP contribution in [0.15, 0.2) is 42.5 Å². The number of esters is 1. The minimum Gasteiger partial charge on any atom is -0.462 e. The maximum absolute atomic E-state index is 12.7. The molecule has 1 aliphatic carbocycles. The smallest absolute Gasteiger partial charge is 0.338 e. The van der Waals surface area contributed by atoms with Crippen molar-refractivity contribution in [2.24, 2.45) is 5.92 Å². The third kappa shape index (κ3) is 3.52. The monoisotopic (exact) mass is 376 g/mol. The molecule has 28 heavy (non-hydrogen) atoms. The Balaban J connectivity index is 1.54. The van der Waals surface area contributed by atoms with Crippen molar-refractivity contribution >= 4 is 28.5 Å². The summed E-state index contributed by atoms with van der Waals surface area (Å²) in [7, 11) is 0. The Morgan fingerprint density at radius 2 is 1.89 bits per heavy atom. The molecule has 1 aliphatic rings. The molecule has 3 aromatic rings. The minimum atomic E-state index is -0.364. The van der Waals surface area contributed by atoms with Gasteiger partial charge >= 0.3 is 5.97 Å². The highest BCUT2D eigenvalue weighted by Gasteiger charge is 2.20. The molecular weight excluding hydrogens is 352 g/mol. The first-order chi connectivity index (χ1) is 13.5. The summed E-state index contributed by atoms with van der Waals surface area (Å²) in [6, 6.07) is 12.5. The van der Waals surface area contributed by atoms with Crippen molar-refractivity contribution in [2.45, 2.75) is 33.1 Å². The molecule has 5 heteroatoms. The summed E-state index contributed by atoms with van der Waals surface area (Å²) in [6.07, 6.45) is 3.32. The van der Waals surface area contributed by atoms with Gasteiger partial charge in [-0.1, -0.05) is 6.92 Å². The Kier molecular flexibility index (Phi) is 4.90. The third-order valence-corrected chi connectivity index (χ3v) is 5.35. The average Bonchev–Trinajstić information content (AvgIpc) is 3.05. The maximum atomic E-state index is 12.7. The van der Waals surface area contributed by atoms with E-state index in [4.69, 9.17) is 4.74 Å². The Bertz CT molecular complexity index is 1030. The highest BCUT2D eigenvalue weighted by Crippen LogP contribution is 2.32. The van der Waals surface area contributed by atoms with E-state index in [9.17, 15) is 9.59 Å². The molecule has 0 saturated carbocycles. The summed E-state index contributed by atoms with van der Waals surface area (Å²) in [5.74, 6) is 0.142. The van der Waals surface area contributed by atoms with Crippen LogP contribution in [-0.2, 0) is 17.6 Å². The van der Waals surface area contributed by atoms with Gasteiger partial charge in [0, 0.05) is 27.8 Å². The average molecular weight is 376 g/mol. The van der Waals surface area contributed by atoms with Gasteiger partial charge in [-0.2, -0.15) is 0 Å². The maximum Gasteiger partial charge on any atom is 0.338 e. The number of aromatic nitrogens is 1. The zero-order valence-corrected chi connectivity index (χ0v) is 16.2. The lowest BCUT2D eigenvalue weighted by Crippen LogP contribution is -2.12. The summed E-state index contributed by atoms with van der Waals surface area (Å²) in [5, 5.41) is 4.05. The Hall–Kier alpha value is -3.08. The summed E-state index contributed by atoms with van der Waals surface area (Å²) >= 11 is 0. The second-order valence-electron chi connectivity index (χ2n) is 7.44. The van der Waals surface area contributed by atoms with E-state index in [0.717, 1.165) is 23.7 Å². The number of aromatic amines is 1. The number of nitrogens with one attached hydrogen (secondary N) is 2. The van der Waals surface area contributed by atoms with Gasteiger partial charge in [0.05, 0.1) is 12.2 Å². The van der Waals surface area contributed by atoms with Crippen molar-refractivity contribution in [3.8, 4) is 0 Å². The Morgan fingerprint density at radius 1 is 1.14 bits per heavy atom. The fourth-order valence-corrected chi connectivity index (χ4v) is 3.84. The molecule has 0 bridgehead atoms. The largest absolute Gasteiger partial charge is 0.462 e. The molecule has 2 aromatic carbocycles. The number of ether oxygens (including phenoxy) is 1. The van der Waals surface area contributed by atoms with Crippen LogP contribution in [0.2, 0.25) is 0 Å². The Morgan fingerprint density at radius 3 is 2.64 bits per heavy atom. The van der Waals surface area contributed by atoms with Crippen molar-refractivity contribution in [1.82, 2.24) is 4.98 Å². The molecule has 4 rings (SSSR count). The van der Waals surface area contributed by atoms with Crippen molar-refractivity contribution in [1.29, 1.82) is 0 Å². The van der Waals surface area contributed by atoms with Crippen LogP contribution in [0, 0.1) is 5.92 Å². The number of fused-ring (bicyclic) bond motifs is 3. The van der Waals surface area contributed by atoms with Crippen LogP contribution in [0.4, 0.5) is 5.69 Å². The van der Waals surface area contributed by atoms with E-state index in [-0.39, 0.29) is 11.9 Å². The summed E-state index contributed by atoms with van der Waals surface area (Å²) in [5.41, 5.74) is 5.48. The lowest BCUT2D eigenvalue weighted by atomic mass is 9.87. The summed E-state index contributed by atoms with van der Waals surface area (Å²) in [4.78, 5) is 28.0. The van der Waals surface area contributed by atoms with Gasteiger partial charge in [-0.25, -0.2) is 4.79 Å². The summed E-state index contributed by atoms with van der Waals surface area (Å²) < 4.78 is 4.98. The topological polar surface area (TPSA) is 71.2 Å². The van der Waals surface area contributed by atoms with Crippen LogP contribution in [-0.4, -0.2) is 23.5 Å². The van der Waals surface area contributed by atoms with Crippen LogP contribution >= 0.6 is 0 Å². The SMILES string of the molecule is CCOC(=O)c1ccc(NC(=O)c2ccc3[nH]c4c(c3c2)CC(C)CC4)cc1. The summed E-state index contributed by atoms with van der Waals surface area (Å²) in [6.45, 7) is 4.38. The van der Waals surface area contributed by atoms with Crippen LogP contribution in [0.1, 0.15) is 52.2 Å². The van der Waals surface area contributed by atoms with Gasteiger partial charge in [0.25, 0.3) is 5.91 Å². The number of hydrogen-bond donors (Lipinski definition) is 2. The fourth-order valence-electron chi connectivity index (χ4n) is 3.84. The molecule has 0 fully saturated rings. The number of amides is 1. The predicted molar refractivity (Wildman–Crippen MR) is 110 cm³/mol. The zero-order chi connectivity index (χ0) is 19.7. The van der Waals surface area contributed by atoms with Crippen LogP contribution in [0.25, 0.3) is 10.9 Å². The number of aryl methyl sites for hydroxylation is 1. The standard InChI is InChI=1S/C23H24N2O3/c1-3-28-23(27)15-5-8-17(9-6-15)24-22(26)16-7-11-21-19(13-16)18-12-14(2)4-10-20(18)25-21/h5-9,11,13-14,25H,3-4,10,12H2,1-2H3,(H,24,26). The quantitative estimate of drug-likeness (QED) is 0.647. The van der Waals surface area contributed by atoms with Gasteiger partial charge in [-0.15, -0.1) is 0 Å². The lowest BCUT2D eigenvalue weighted by Gasteiger charge is -2.18. The molecule has 1 aromatic heterocycles. The van der Waals surface area contributed by atoms with Crippen LogP contribution in [0.5, 0.6) is 0 Å². The number of anilines is 1. The van der Waals surface area contributed by atoms with Crippen molar-refractivity contribution in [3.63, 3.8) is 0 Å². The van der Waals surface area contributed by atoms with E-state index in [2.05, 4.69) is 17.2 Å². The highest BCUT2D eigenvalue weighted by atomic mass is 16.5. The minimum absolute atomic E-state index is 0.162. The molecular formula is C23H24N2O3. The van der Waals surface area contributed by atoms with Gasteiger partial charge in [0.15, 0.2) is 0 Å². The first-order valence-corrected chi connectivity index (χ1v) is 9.77. The predicted octanol–water partition coefficient (Wildman–Crippen LogP) is 4.72. The molecule has 0 radical (unpaired) electrons. The van der Waals surface area contributed by atoms with E-state index in [1.807, 2.05) is 18.2 Å². The van der Waals surface area contributed by atoms with E-state index >= 15 is 0 Å². The molecule has 0 aliphatic heterocycles. The fraction of sp³-hybridized carbons (Fsp3) is 0.304. The number of hydrogen-bond acceptors (Lipinski definition) is 3. The van der Waals surface area contributed by atoms with Gasteiger partial charge in [0.2, 0.25) is 0 Å². The van der Waals surface area contributed by atoms with Gasteiger partial charge in [-0.05, 0) is 80.1 Å². The zero-order valence-electron chi connectivity index (χ0n) is 16.2. The van der Waals surface area contributed by atoms with Gasteiger partial charge in [0.1, 0.15) is 0 Å². The second kappa shape index (κ2) is 7.50. The van der Waals surface area contributed by atoms with E-state index in [0.29, 0.717) is 29.3 Å². The number of rotatable bonds is 4. The lowest BCUT2D eigenvalue weighted by molar-refractivity contribution is 0.0526. The second-order valence-corrected chi connectivity index (χ2v) is 7.44. The van der Waals surface area contributed by atoms with E-state index in [1.165, 1.54) is 17.7 Å². The molecule has 2 N–H and O–H groups in total. The first-order valence-electron chi connectivity index (χ1n) is 9.77. The van der Waals surface area contributed by atoms with Crippen LogP contribution < -0.4 is 5.32 Å². The Labute approximate surface area is 164 Å². The first kappa shape index (κ1) is 18.3. The van der Waals surface area contributed by atoms with Crippen molar-refractivity contribution in [3.05, 3.63) is 64.8 Å². The van der Waals surface area contributed by atoms with Gasteiger partial charge < -0.3 is 15.0 Å². The molecule has 5 nitrogen and oxygen atoms in total. The molecule has 144 valence electrons. The number of carbonyl (C=O) groups excluding carboxylic acids is 2. The van der Waals surface area contributed by atoms with Gasteiger partial charge in [-0.3, -0.25) is 4.79 Å². The number of benzene rings is 2. The third-order valence-electron chi connectivity index (χ3n) is 5.35. The van der Waals surface area contributed by atoms with Crippen molar-refractivity contribution in [2.75, 3.05) is 11.9 Å². The van der Waals surface area contributed by atoms with Crippen molar-refractivity contribution < 1.29 is 14.3 Å². The normalized spacial score (nSPS) is 15.9. The molecule has 1 heterocycles. The number of carbonyl (C=O) groups is 2. The molecule has 1 unspecified atom stereocenters. The van der Waals surface area contributed by atoms with Crippen LogP contribution in [0.3, 0.4) is 0 Å². The molecule has 0 spiro atoms.